The number of aliphatic carboxylic acids is 1. The summed E-state index contributed by atoms with van der Waals surface area (Å²) in [7, 11) is 0. The topological polar surface area (TPSA) is 62.5 Å². The standard InChI is InChI=1S/C18H15ClN2O3S2/c1-10-7-12(11(2)21(10)14-5-3-13(19)4-6-14)8-15-17(24)20(9-16(22)23)18(25)26-15/h3-8H,9H2,1-2H3,(H,22,23). The number of halogens is 1. The monoisotopic (exact) mass is 406 g/mol. The molecule has 0 atom stereocenters. The van der Waals surface area contributed by atoms with Crippen molar-refractivity contribution in [2.24, 2.45) is 0 Å². The fraction of sp³-hybridized carbons (Fsp3) is 0.167. The van der Waals surface area contributed by atoms with E-state index in [1.54, 1.807) is 6.08 Å². The van der Waals surface area contributed by atoms with Gasteiger partial charge in [-0.3, -0.25) is 14.5 Å². The molecule has 1 fully saturated rings. The maximum Gasteiger partial charge on any atom is 0.323 e. The lowest BCUT2D eigenvalue weighted by atomic mass is 10.2. The van der Waals surface area contributed by atoms with Crippen LogP contribution in [0, 0.1) is 13.8 Å². The quantitative estimate of drug-likeness (QED) is 0.613. The van der Waals surface area contributed by atoms with Gasteiger partial charge in [0.05, 0.1) is 4.91 Å². The molecule has 1 aromatic carbocycles. The molecule has 1 aliphatic heterocycles. The number of carbonyl (C=O) groups excluding carboxylic acids is 1. The summed E-state index contributed by atoms with van der Waals surface area (Å²) < 4.78 is 2.33. The fourth-order valence-electron chi connectivity index (χ4n) is 2.83. The number of hydrogen-bond acceptors (Lipinski definition) is 4. The van der Waals surface area contributed by atoms with Gasteiger partial charge in [-0.25, -0.2) is 0 Å². The minimum atomic E-state index is -1.09. The maximum absolute atomic E-state index is 12.4. The van der Waals surface area contributed by atoms with E-state index < -0.39 is 12.5 Å². The SMILES string of the molecule is Cc1cc(C=C2SC(=S)N(CC(=O)O)C2=O)c(C)n1-c1ccc(Cl)cc1. The number of carbonyl (C=O) groups is 2. The lowest BCUT2D eigenvalue weighted by molar-refractivity contribution is -0.140. The van der Waals surface area contributed by atoms with Crippen LogP contribution in [0.2, 0.25) is 5.02 Å². The van der Waals surface area contributed by atoms with Crippen molar-refractivity contribution in [2.75, 3.05) is 6.54 Å². The molecule has 8 heteroatoms. The number of benzene rings is 1. The Balaban J connectivity index is 1.96. The lowest BCUT2D eigenvalue weighted by Gasteiger charge is -2.10. The minimum absolute atomic E-state index is 0.259. The Morgan fingerprint density at radius 2 is 1.96 bits per heavy atom. The van der Waals surface area contributed by atoms with Crippen LogP contribution in [-0.4, -0.2) is 37.3 Å². The van der Waals surface area contributed by atoms with Crippen LogP contribution < -0.4 is 0 Å². The van der Waals surface area contributed by atoms with E-state index in [0.717, 1.165) is 39.3 Å². The molecular weight excluding hydrogens is 392 g/mol. The van der Waals surface area contributed by atoms with Gasteiger partial charge < -0.3 is 9.67 Å². The highest BCUT2D eigenvalue weighted by Crippen LogP contribution is 2.34. The zero-order valence-corrected chi connectivity index (χ0v) is 16.4. The van der Waals surface area contributed by atoms with E-state index in [9.17, 15) is 9.59 Å². The third kappa shape index (κ3) is 3.56. The molecule has 5 nitrogen and oxygen atoms in total. The molecule has 26 heavy (non-hydrogen) atoms. The van der Waals surface area contributed by atoms with Crippen molar-refractivity contribution in [2.45, 2.75) is 13.8 Å². The fourth-order valence-corrected chi connectivity index (χ4v) is 4.21. The maximum atomic E-state index is 12.4. The second kappa shape index (κ2) is 7.26. The Bertz CT molecular complexity index is 948. The van der Waals surface area contributed by atoms with Crippen LogP contribution in [0.5, 0.6) is 0 Å². The van der Waals surface area contributed by atoms with Crippen LogP contribution in [0.15, 0.2) is 35.2 Å². The summed E-state index contributed by atoms with van der Waals surface area (Å²) in [5, 5.41) is 9.59. The van der Waals surface area contributed by atoms with Crippen molar-refractivity contribution in [1.82, 2.24) is 9.47 Å². The first kappa shape index (κ1) is 18.7. The van der Waals surface area contributed by atoms with Crippen molar-refractivity contribution in [3.8, 4) is 5.69 Å². The van der Waals surface area contributed by atoms with E-state index >= 15 is 0 Å². The molecule has 1 aromatic heterocycles. The highest BCUT2D eigenvalue weighted by molar-refractivity contribution is 8.26. The molecule has 1 saturated heterocycles. The van der Waals surface area contributed by atoms with Crippen LogP contribution in [-0.2, 0) is 9.59 Å². The number of nitrogens with zero attached hydrogens (tertiary/aromatic N) is 2. The van der Waals surface area contributed by atoms with E-state index in [-0.39, 0.29) is 10.2 Å². The number of amides is 1. The summed E-state index contributed by atoms with van der Waals surface area (Å²) >= 11 is 12.2. The van der Waals surface area contributed by atoms with Gasteiger partial charge in [-0.05, 0) is 55.8 Å². The molecule has 2 aromatic rings. The average Bonchev–Trinajstić information content (AvgIpc) is 2.99. The number of thiocarbonyl (C=S) groups is 1. The van der Waals surface area contributed by atoms with Crippen molar-refractivity contribution in [1.29, 1.82) is 0 Å². The summed E-state index contributed by atoms with van der Waals surface area (Å²) in [4.78, 5) is 24.9. The van der Waals surface area contributed by atoms with Crippen LogP contribution in [0.4, 0.5) is 0 Å². The van der Waals surface area contributed by atoms with Gasteiger partial charge in [0.25, 0.3) is 5.91 Å². The third-order valence-corrected chi connectivity index (χ3v) is 5.64. The van der Waals surface area contributed by atoms with E-state index in [2.05, 4.69) is 4.57 Å². The number of rotatable bonds is 4. The second-order valence-corrected chi connectivity index (χ2v) is 7.91. The van der Waals surface area contributed by atoms with Gasteiger partial charge in [0.1, 0.15) is 10.9 Å². The third-order valence-electron chi connectivity index (χ3n) is 4.01. The zero-order chi connectivity index (χ0) is 19.0. The molecule has 0 unspecified atom stereocenters. The van der Waals surface area contributed by atoms with Gasteiger partial charge in [-0.15, -0.1) is 0 Å². The first-order valence-electron chi connectivity index (χ1n) is 7.70. The first-order chi connectivity index (χ1) is 12.3. The first-order valence-corrected chi connectivity index (χ1v) is 9.30. The van der Waals surface area contributed by atoms with Crippen LogP contribution in [0.1, 0.15) is 17.0 Å². The Labute approximate surface area is 165 Å². The smallest absolute Gasteiger partial charge is 0.323 e. The van der Waals surface area contributed by atoms with Crippen LogP contribution in [0.25, 0.3) is 11.8 Å². The van der Waals surface area contributed by atoms with Gasteiger partial charge >= 0.3 is 5.97 Å². The summed E-state index contributed by atoms with van der Waals surface area (Å²) in [6.45, 7) is 3.52. The van der Waals surface area contributed by atoms with Crippen molar-refractivity contribution in [3.63, 3.8) is 0 Å². The number of hydrogen-bond donors (Lipinski definition) is 1. The van der Waals surface area contributed by atoms with E-state index in [1.807, 2.05) is 44.2 Å². The molecule has 0 bridgehead atoms. The Kier molecular flexibility index (Phi) is 5.22. The van der Waals surface area contributed by atoms with Gasteiger partial charge in [-0.2, -0.15) is 0 Å². The number of carboxylic acid groups (broad SMARTS) is 1. The zero-order valence-electron chi connectivity index (χ0n) is 14.0. The van der Waals surface area contributed by atoms with Gasteiger partial charge in [0, 0.05) is 22.1 Å². The highest BCUT2D eigenvalue weighted by atomic mass is 35.5. The molecule has 0 saturated carbocycles. The second-order valence-electron chi connectivity index (χ2n) is 5.80. The van der Waals surface area contributed by atoms with Gasteiger partial charge in [0.2, 0.25) is 0 Å². The van der Waals surface area contributed by atoms with Crippen LogP contribution in [0.3, 0.4) is 0 Å². The Hall–Kier alpha value is -2.09. The summed E-state index contributed by atoms with van der Waals surface area (Å²) in [6, 6.07) is 9.49. The van der Waals surface area contributed by atoms with E-state index in [4.69, 9.17) is 28.9 Å². The molecule has 1 aliphatic rings. The largest absolute Gasteiger partial charge is 0.480 e. The molecular formula is C18H15ClN2O3S2. The Morgan fingerprint density at radius 1 is 1.31 bits per heavy atom. The van der Waals surface area contributed by atoms with Crippen LogP contribution >= 0.6 is 35.6 Å². The van der Waals surface area contributed by atoms with Crippen molar-refractivity contribution < 1.29 is 14.7 Å². The molecule has 134 valence electrons. The normalized spacial score (nSPS) is 16.0. The molecule has 2 heterocycles. The molecule has 0 radical (unpaired) electrons. The molecule has 0 spiro atoms. The predicted octanol–water partition coefficient (Wildman–Crippen LogP) is 4.03. The number of carboxylic acids is 1. The number of aromatic nitrogens is 1. The molecule has 1 N–H and O–H groups in total. The van der Waals surface area contributed by atoms with E-state index in [1.165, 1.54) is 0 Å². The predicted molar refractivity (Wildman–Crippen MR) is 108 cm³/mol. The highest BCUT2D eigenvalue weighted by Gasteiger charge is 2.33. The average molecular weight is 407 g/mol. The number of thioether (sulfide) groups is 1. The summed E-state index contributed by atoms with van der Waals surface area (Å²) in [6.07, 6.45) is 1.76. The van der Waals surface area contributed by atoms with E-state index in [0.29, 0.717) is 9.93 Å². The van der Waals surface area contributed by atoms with Crippen molar-refractivity contribution >= 4 is 57.9 Å². The van der Waals surface area contributed by atoms with Gasteiger partial charge in [-0.1, -0.05) is 35.6 Å². The Morgan fingerprint density at radius 3 is 2.58 bits per heavy atom. The summed E-state index contributed by atoms with van der Waals surface area (Å²) in [5.41, 5.74) is 3.83. The molecule has 3 rings (SSSR count). The van der Waals surface area contributed by atoms with Crippen molar-refractivity contribution in [3.05, 3.63) is 57.2 Å². The molecule has 1 amide bonds. The van der Waals surface area contributed by atoms with Gasteiger partial charge in [0.15, 0.2) is 0 Å². The number of aryl methyl sites for hydroxylation is 1. The minimum Gasteiger partial charge on any atom is -0.480 e. The molecule has 0 aliphatic carbocycles. The lowest BCUT2D eigenvalue weighted by Crippen LogP contribution is -2.33. The summed E-state index contributed by atoms with van der Waals surface area (Å²) in [5.74, 6) is -1.47.